The highest BCUT2D eigenvalue weighted by Crippen LogP contribution is 2.37. The number of carbonyl (C=O) groups is 1. The number of amides is 1. The van der Waals surface area contributed by atoms with Gasteiger partial charge in [0.2, 0.25) is 17.9 Å². The summed E-state index contributed by atoms with van der Waals surface area (Å²) in [5.74, 6) is 3.01. The number of aromatic nitrogens is 3. The molecule has 0 aliphatic carbocycles. The van der Waals surface area contributed by atoms with E-state index in [-0.39, 0.29) is 11.3 Å². The maximum atomic E-state index is 12.7. The Bertz CT molecular complexity index is 856. The number of likely N-dealkylation sites (tertiary alicyclic amines) is 1. The van der Waals surface area contributed by atoms with Gasteiger partial charge in [-0.25, -0.2) is 4.98 Å². The van der Waals surface area contributed by atoms with Gasteiger partial charge in [-0.15, -0.1) is 5.10 Å². The largest absolute Gasteiger partial charge is 0.454 e. The van der Waals surface area contributed by atoms with Gasteiger partial charge in [0, 0.05) is 19.5 Å². The van der Waals surface area contributed by atoms with E-state index >= 15 is 0 Å². The zero-order valence-electron chi connectivity index (χ0n) is 16.4. The quantitative estimate of drug-likeness (QED) is 0.748. The number of fused-ring (bicyclic) bond motifs is 1. The van der Waals surface area contributed by atoms with Gasteiger partial charge >= 0.3 is 0 Å². The molecule has 1 aromatic carbocycles. The van der Waals surface area contributed by atoms with Crippen LogP contribution in [0.5, 0.6) is 11.5 Å². The number of hydrogen-bond donors (Lipinski definition) is 1. The van der Waals surface area contributed by atoms with Gasteiger partial charge in [-0.1, -0.05) is 31.7 Å². The first kappa shape index (κ1) is 19.1. The van der Waals surface area contributed by atoms with Crippen molar-refractivity contribution in [3.8, 4) is 11.5 Å². The normalized spacial score (nSPS) is 21.1. The molecule has 1 saturated heterocycles. The summed E-state index contributed by atoms with van der Waals surface area (Å²) in [5.41, 5.74) is 1.29. The molecule has 1 fully saturated rings. The third kappa shape index (κ3) is 4.27. The summed E-state index contributed by atoms with van der Waals surface area (Å²) in [6.45, 7) is 6.18. The number of aryl methyl sites for hydroxylation is 1. The van der Waals surface area contributed by atoms with E-state index in [1.165, 1.54) is 17.3 Å². The van der Waals surface area contributed by atoms with Crippen molar-refractivity contribution in [3.63, 3.8) is 0 Å². The number of thioether (sulfide) groups is 1. The number of rotatable bonds is 6. The maximum Gasteiger partial charge on any atom is 0.233 e. The van der Waals surface area contributed by atoms with Gasteiger partial charge < -0.3 is 14.4 Å². The van der Waals surface area contributed by atoms with Gasteiger partial charge in [0.05, 0.1) is 5.75 Å². The molecule has 28 heavy (non-hydrogen) atoms. The summed E-state index contributed by atoms with van der Waals surface area (Å²) in [4.78, 5) is 19.1. The maximum absolute atomic E-state index is 12.7. The molecule has 1 amide bonds. The number of ether oxygens (including phenoxy) is 2. The number of hydrogen-bond acceptors (Lipinski definition) is 6. The first-order valence-corrected chi connectivity index (χ1v) is 10.7. The molecule has 0 bridgehead atoms. The molecule has 8 heteroatoms. The van der Waals surface area contributed by atoms with E-state index < -0.39 is 0 Å². The summed E-state index contributed by atoms with van der Waals surface area (Å²) in [7, 11) is 0. The second-order valence-corrected chi connectivity index (χ2v) is 8.74. The van der Waals surface area contributed by atoms with Crippen molar-refractivity contribution in [2.75, 3.05) is 25.6 Å². The zero-order valence-corrected chi connectivity index (χ0v) is 17.2. The lowest BCUT2D eigenvalue weighted by atomic mass is 9.77. The zero-order chi connectivity index (χ0) is 19.6. The van der Waals surface area contributed by atoms with Crippen LogP contribution in [-0.2, 0) is 17.6 Å². The first-order chi connectivity index (χ1) is 13.5. The van der Waals surface area contributed by atoms with Crippen molar-refractivity contribution < 1.29 is 14.3 Å². The smallest absolute Gasteiger partial charge is 0.233 e. The van der Waals surface area contributed by atoms with Crippen LogP contribution >= 0.6 is 11.8 Å². The van der Waals surface area contributed by atoms with E-state index in [1.54, 1.807) is 0 Å². The van der Waals surface area contributed by atoms with Crippen LogP contribution in [0.3, 0.4) is 0 Å². The third-order valence-electron chi connectivity index (χ3n) is 5.37. The van der Waals surface area contributed by atoms with Gasteiger partial charge in [0.1, 0.15) is 5.82 Å². The number of benzene rings is 1. The Morgan fingerprint density at radius 2 is 2.21 bits per heavy atom. The molecule has 4 rings (SSSR count). The molecule has 2 aliphatic rings. The Morgan fingerprint density at radius 1 is 1.36 bits per heavy atom. The topological polar surface area (TPSA) is 80.3 Å². The number of carbonyl (C=O) groups excluding carboxylic acids is 1. The highest BCUT2D eigenvalue weighted by atomic mass is 32.2. The summed E-state index contributed by atoms with van der Waals surface area (Å²) >= 11 is 1.40. The minimum atomic E-state index is 0.0617. The fourth-order valence-electron chi connectivity index (χ4n) is 3.93. The van der Waals surface area contributed by atoms with Crippen molar-refractivity contribution in [1.29, 1.82) is 0 Å². The number of H-pyrrole nitrogens is 1. The standard InChI is InChI=1S/C20H26N4O3S/c1-3-17-21-19(23-22-17)28-11-18(25)24-8-4-7-20(2,12-24)10-14-5-6-15-16(9-14)27-13-26-15/h5-6,9H,3-4,7-8,10-13H2,1-2H3,(H,21,22,23)/t20-/m0/s1. The van der Waals surface area contributed by atoms with E-state index in [0.29, 0.717) is 17.7 Å². The van der Waals surface area contributed by atoms with E-state index in [4.69, 9.17) is 9.47 Å². The fourth-order valence-corrected chi connectivity index (χ4v) is 4.65. The molecule has 1 aromatic heterocycles. The summed E-state index contributed by atoms with van der Waals surface area (Å²) in [6.07, 6.45) is 3.87. The highest BCUT2D eigenvalue weighted by Gasteiger charge is 2.33. The Labute approximate surface area is 169 Å². The lowest BCUT2D eigenvalue weighted by molar-refractivity contribution is -0.131. The van der Waals surface area contributed by atoms with Crippen LogP contribution in [0.15, 0.2) is 23.4 Å². The number of aromatic amines is 1. The minimum absolute atomic E-state index is 0.0617. The van der Waals surface area contributed by atoms with Crippen LogP contribution in [0.2, 0.25) is 0 Å². The average molecular weight is 403 g/mol. The van der Waals surface area contributed by atoms with Crippen LogP contribution in [0, 0.1) is 5.41 Å². The SMILES string of the molecule is CCc1nc(SCC(=O)N2CCC[C@@](C)(Cc3ccc4c(c3)OCO4)C2)n[nH]1. The van der Waals surface area contributed by atoms with Crippen LogP contribution in [0.25, 0.3) is 0 Å². The molecule has 2 aromatic rings. The molecule has 150 valence electrons. The van der Waals surface area contributed by atoms with Crippen molar-refractivity contribution in [1.82, 2.24) is 20.1 Å². The number of piperidine rings is 1. The first-order valence-electron chi connectivity index (χ1n) is 9.75. The van der Waals surface area contributed by atoms with Crippen molar-refractivity contribution >= 4 is 17.7 Å². The molecule has 1 N–H and O–H groups in total. The molecule has 0 radical (unpaired) electrons. The Balaban J connectivity index is 1.35. The monoisotopic (exact) mass is 402 g/mol. The second kappa shape index (κ2) is 8.03. The van der Waals surface area contributed by atoms with Gasteiger partial charge in [-0.2, -0.15) is 0 Å². The predicted octanol–water partition coefficient (Wildman–Crippen LogP) is 3.06. The van der Waals surface area contributed by atoms with Crippen LogP contribution in [0.4, 0.5) is 0 Å². The second-order valence-electron chi connectivity index (χ2n) is 7.80. The molecule has 0 saturated carbocycles. The Kier molecular flexibility index (Phi) is 5.48. The molecule has 7 nitrogen and oxygen atoms in total. The molecular formula is C20H26N4O3S. The van der Waals surface area contributed by atoms with Gasteiger partial charge in [0.25, 0.3) is 0 Å². The highest BCUT2D eigenvalue weighted by molar-refractivity contribution is 7.99. The van der Waals surface area contributed by atoms with Gasteiger partial charge in [-0.05, 0) is 42.4 Å². The van der Waals surface area contributed by atoms with E-state index in [2.05, 4.69) is 34.2 Å². The van der Waals surface area contributed by atoms with E-state index in [1.807, 2.05) is 17.9 Å². The summed E-state index contributed by atoms with van der Waals surface area (Å²) < 4.78 is 10.9. The summed E-state index contributed by atoms with van der Waals surface area (Å²) in [5, 5.41) is 7.69. The molecule has 0 unspecified atom stereocenters. The van der Waals surface area contributed by atoms with Crippen LogP contribution in [0.1, 0.15) is 38.1 Å². The van der Waals surface area contributed by atoms with Crippen LogP contribution < -0.4 is 9.47 Å². The Morgan fingerprint density at radius 3 is 3.04 bits per heavy atom. The molecule has 0 spiro atoms. The molecular weight excluding hydrogens is 376 g/mol. The van der Waals surface area contributed by atoms with Crippen molar-refractivity contribution in [2.24, 2.45) is 5.41 Å². The third-order valence-corrected chi connectivity index (χ3v) is 6.20. The summed E-state index contributed by atoms with van der Waals surface area (Å²) in [6, 6.07) is 6.15. The number of nitrogens with zero attached hydrogens (tertiary/aromatic N) is 3. The van der Waals surface area contributed by atoms with E-state index in [0.717, 1.165) is 56.1 Å². The number of nitrogens with one attached hydrogen (secondary N) is 1. The van der Waals surface area contributed by atoms with Crippen molar-refractivity contribution in [3.05, 3.63) is 29.6 Å². The minimum Gasteiger partial charge on any atom is -0.454 e. The molecule has 2 aliphatic heterocycles. The van der Waals surface area contributed by atoms with Gasteiger partial charge in [0.15, 0.2) is 11.5 Å². The fraction of sp³-hybridized carbons (Fsp3) is 0.550. The van der Waals surface area contributed by atoms with Crippen LogP contribution in [-0.4, -0.2) is 51.6 Å². The predicted molar refractivity (Wildman–Crippen MR) is 107 cm³/mol. The lowest BCUT2D eigenvalue weighted by Gasteiger charge is -2.40. The lowest BCUT2D eigenvalue weighted by Crippen LogP contribution is -2.46. The molecule has 1 atom stereocenters. The Hall–Kier alpha value is -2.22. The van der Waals surface area contributed by atoms with E-state index in [9.17, 15) is 4.79 Å². The molecule has 3 heterocycles. The van der Waals surface area contributed by atoms with Crippen molar-refractivity contribution in [2.45, 2.75) is 44.7 Å². The van der Waals surface area contributed by atoms with Gasteiger partial charge in [-0.3, -0.25) is 9.89 Å². The average Bonchev–Trinajstić information content (AvgIpc) is 3.34.